The summed E-state index contributed by atoms with van der Waals surface area (Å²) >= 11 is 0. The minimum Gasteiger partial charge on any atom is -0.469 e. The van der Waals surface area contributed by atoms with Crippen molar-refractivity contribution in [3.05, 3.63) is 29.7 Å². The van der Waals surface area contributed by atoms with Gasteiger partial charge in [-0.1, -0.05) is 12.8 Å². The van der Waals surface area contributed by atoms with Gasteiger partial charge in [-0.3, -0.25) is 9.59 Å². The number of nitrogens with one attached hydrogen (secondary N) is 1. The Labute approximate surface area is 157 Å². The monoisotopic (exact) mass is 376 g/mol. The number of methoxy groups -OCH3 is 1. The number of carbonyl (C=O) groups excluding carboxylic acids is 3. The van der Waals surface area contributed by atoms with Gasteiger partial charge in [0.2, 0.25) is 0 Å². The van der Waals surface area contributed by atoms with Gasteiger partial charge in [-0.15, -0.1) is 0 Å². The molecule has 146 valence electrons. The third kappa shape index (κ3) is 5.50. The summed E-state index contributed by atoms with van der Waals surface area (Å²) < 4.78 is 10.9. The Hall–Kier alpha value is -2.97. The number of nitrogens with zero attached hydrogens (tertiary/aromatic N) is 3. The van der Waals surface area contributed by atoms with E-state index in [2.05, 4.69) is 20.1 Å². The molecule has 0 atom stereocenters. The molecule has 0 aromatic carbocycles. The van der Waals surface area contributed by atoms with Gasteiger partial charge in [0.15, 0.2) is 5.65 Å². The lowest BCUT2D eigenvalue weighted by atomic mass is 10.1. The molecule has 2 rings (SSSR count). The van der Waals surface area contributed by atoms with Gasteiger partial charge in [-0.05, 0) is 25.8 Å². The lowest BCUT2D eigenvalue weighted by Gasteiger charge is -2.07. The van der Waals surface area contributed by atoms with E-state index in [-0.39, 0.29) is 29.7 Å². The zero-order valence-electron chi connectivity index (χ0n) is 15.6. The highest BCUT2D eigenvalue weighted by Crippen LogP contribution is 2.12. The van der Waals surface area contributed by atoms with E-state index in [0.29, 0.717) is 18.7 Å². The summed E-state index contributed by atoms with van der Waals surface area (Å²) in [4.78, 5) is 39.5. The maximum Gasteiger partial charge on any atom is 0.343 e. The molecule has 2 heterocycles. The van der Waals surface area contributed by atoms with Gasteiger partial charge in [-0.25, -0.2) is 14.3 Å². The number of aromatic nitrogens is 3. The number of fused-ring (bicyclic) bond motifs is 1. The molecular weight excluding hydrogens is 352 g/mol. The lowest BCUT2D eigenvalue weighted by molar-refractivity contribution is -0.140. The minimum absolute atomic E-state index is 0.202. The van der Waals surface area contributed by atoms with Gasteiger partial charge in [0.25, 0.3) is 5.91 Å². The highest BCUT2D eigenvalue weighted by Gasteiger charge is 2.18. The number of esters is 2. The number of carbonyl (C=O) groups is 3. The van der Waals surface area contributed by atoms with Gasteiger partial charge in [0.1, 0.15) is 11.3 Å². The summed E-state index contributed by atoms with van der Waals surface area (Å²) in [6.45, 7) is 2.47. The van der Waals surface area contributed by atoms with Gasteiger partial charge >= 0.3 is 11.9 Å². The van der Waals surface area contributed by atoms with E-state index < -0.39 is 5.97 Å². The molecule has 0 bridgehead atoms. The maximum atomic E-state index is 12.4. The fraction of sp³-hybridized carbons (Fsp3) is 0.500. The minimum atomic E-state index is -0.524. The zero-order chi connectivity index (χ0) is 19.6. The number of amides is 1. The maximum absolute atomic E-state index is 12.4. The fourth-order valence-electron chi connectivity index (χ4n) is 2.56. The molecule has 9 nitrogen and oxygen atoms in total. The van der Waals surface area contributed by atoms with Crippen molar-refractivity contribution in [1.29, 1.82) is 0 Å². The molecule has 2 aromatic heterocycles. The van der Waals surface area contributed by atoms with E-state index in [9.17, 15) is 14.4 Å². The summed E-state index contributed by atoms with van der Waals surface area (Å²) in [5, 5.41) is 6.92. The third-order valence-electron chi connectivity index (χ3n) is 3.95. The first-order chi connectivity index (χ1) is 13.1. The van der Waals surface area contributed by atoms with Crippen LogP contribution in [0.4, 0.5) is 0 Å². The van der Waals surface area contributed by atoms with Crippen molar-refractivity contribution < 1.29 is 23.9 Å². The molecule has 0 unspecified atom stereocenters. The highest BCUT2D eigenvalue weighted by atomic mass is 16.5. The second kappa shape index (κ2) is 10.2. The van der Waals surface area contributed by atoms with E-state index in [1.54, 1.807) is 13.0 Å². The van der Waals surface area contributed by atoms with Crippen LogP contribution in [0.5, 0.6) is 0 Å². The van der Waals surface area contributed by atoms with Gasteiger partial charge in [-0.2, -0.15) is 5.10 Å². The lowest BCUT2D eigenvalue weighted by Crippen LogP contribution is -2.26. The fourth-order valence-corrected chi connectivity index (χ4v) is 2.56. The van der Waals surface area contributed by atoms with Crippen molar-refractivity contribution in [2.45, 2.75) is 39.0 Å². The molecule has 0 fully saturated rings. The number of ether oxygens (including phenoxy) is 2. The largest absolute Gasteiger partial charge is 0.469 e. The first-order valence-electron chi connectivity index (χ1n) is 8.93. The second-order valence-corrected chi connectivity index (χ2v) is 5.84. The first-order valence-corrected chi connectivity index (χ1v) is 8.93. The summed E-state index contributed by atoms with van der Waals surface area (Å²) in [7, 11) is 1.38. The molecule has 2 aromatic rings. The summed E-state index contributed by atoms with van der Waals surface area (Å²) in [5.74, 6) is -1.02. The predicted octanol–water partition coefficient (Wildman–Crippen LogP) is 1.76. The number of rotatable bonds is 10. The van der Waals surface area contributed by atoms with Crippen LogP contribution in [0, 0.1) is 0 Å². The average Bonchev–Trinajstić information content (AvgIpc) is 3.11. The van der Waals surface area contributed by atoms with Gasteiger partial charge in [0, 0.05) is 19.2 Å². The van der Waals surface area contributed by atoms with Crippen molar-refractivity contribution in [1.82, 2.24) is 19.9 Å². The van der Waals surface area contributed by atoms with Crippen LogP contribution < -0.4 is 5.32 Å². The van der Waals surface area contributed by atoms with Crippen LogP contribution >= 0.6 is 0 Å². The third-order valence-corrected chi connectivity index (χ3v) is 3.95. The Bertz CT molecular complexity index is 802. The van der Waals surface area contributed by atoms with Crippen LogP contribution in [0.15, 0.2) is 18.5 Å². The van der Waals surface area contributed by atoms with Crippen molar-refractivity contribution in [2.75, 3.05) is 20.3 Å². The molecule has 1 amide bonds. The Balaban J connectivity index is 1.87. The van der Waals surface area contributed by atoms with E-state index in [1.165, 1.54) is 24.0 Å². The van der Waals surface area contributed by atoms with Crippen molar-refractivity contribution >= 4 is 23.5 Å². The Kier molecular flexibility index (Phi) is 7.72. The van der Waals surface area contributed by atoms with Gasteiger partial charge in [0.05, 0.1) is 19.9 Å². The van der Waals surface area contributed by atoms with Crippen LogP contribution in [0.2, 0.25) is 0 Å². The Morgan fingerprint density at radius 2 is 1.96 bits per heavy atom. The smallest absolute Gasteiger partial charge is 0.343 e. The molecular formula is C18H24N4O5. The molecule has 0 saturated heterocycles. The van der Waals surface area contributed by atoms with Crippen LogP contribution in [0.1, 0.15) is 59.9 Å². The standard InChI is InChI=1S/C18H24N4O5/c1-3-27-18(25)13-12-21-22-14(9-11-19-16(13)22)17(24)20-10-7-5-4-6-8-15(23)26-2/h9,11-12H,3-8,10H2,1-2H3,(H,20,24). The average molecular weight is 376 g/mol. The van der Waals surface area contributed by atoms with Crippen molar-refractivity contribution in [3.8, 4) is 0 Å². The number of hydrogen-bond donors (Lipinski definition) is 1. The predicted molar refractivity (Wildman–Crippen MR) is 96.4 cm³/mol. The van der Waals surface area contributed by atoms with Crippen LogP contribution in [0.25, 0.3) is 5.65 Å². The molecule has 27 heavy (non-hydrogen) atoms. The quantitative estimate of drug-likeness (QED) is 0.497. The molecule has 9 heteroatoms. The number of hydrogen-bond acceptors (Lipinski definition) is 7. The van der Waals surface area contributed by atoms with Crippen LogP contribution in [-0.4, -0.2) is 52.7 Å². The SMILES string of the molecule is CCOC(=O)c1cnn2c(C(=O)NCCCCCCC(=O)OC)ccnc12. The van der Waals surface area contributed by atoms with E-state index in [0.717, 1.165) is 25.7 Å². The Morgan fingerprint density at radius 3 is 2.70 bits per heavy atom. The molecule has 1 N–H and O–H groups in total. The van der Waals surface area contributed by atoms with E-state index >= 15 is 0 Å². The van der Waals surface area contributed by atoms with Crippen LogP contribution in [-0.2, 0) is 14.3 Å². The van der Waals surface area contributed by atoms with Crippen molar-refractivity contribution in [2.24, 2.45) is 0 Å². The zero-order valence-corrected chi connectivity index (χ0v) is 15.6. The van der Waals surface area contributed by atoms with Crippen LogP contribution in [0.3, 0.4) is 0 Å². The molecule has 0 aliphatic rings. The summed E-state index contributed by atoms with van der Waals surface area (Å²) in [5.41, 5.74) is 0.794. The van der Waals surface area contributed by atoms with E-state index in [1.807, 2.05) is 0 Å². The first kappa shape index (κ1) is 20.3. The molecule has 0 radical (unpaired) electrons. The topological polar surface area (TPSA) is 112 Å². The summed E-state index contributed by atoms with van der Waals surface area (Å²) in [6.07, 6.45) is 6.59. The summed E-state index contributed by atoms with van der Waals surface area (Å²) in [6, 6.07) is 1.54. The molecule has 0 saturated carbocycles. The van der Waals surface area contributed by atoms with Crippen molar-refractivity contribution in [3.63, 3.8) is 0 Å². The molecule has 0 aliphatic carbocycles. The number of unbranched alkanes of at least 4 members (excludes halogenated alkanes) is 3. The second-order valence-electron chi connectivity index (χ2n) is 5.84. The Morgan fingerprint density at radius 1 is 1.19 bits per heavy atom. The normalized spacial score (nSPS) is 10.6. The molecule has 0 aliphatic heterocycles. The molecule has 0 spiro atoms. The highest BCUT2D eigenvalue weighted by molar-refractivity contribution is 5.97. The van der Waals surface area contributed by atoms with Gasteiger partial charge < -0.3 is 14.8 Å². The van der Waals surface area contributed by atoms with E-state index in [4.69, 9.17) is 4.74 Å².